The lowest BCUT2D eigenvalue weighted by Gasteiger charge is -2.16. The monoisotopic (exact) mass is 618 g/mol. The number of amidine groups is 1. The fraction of sp³-hybridized carbons (Fsp3) is 0.300. The first-order valence-electron chi connectivity index (χ1n) is 13.7. The summed E-state index contributed by atoms with van der Waals surface area (Å²) in [5.74, 6) is 0.994. The summed E-state index contributed by atoms with van der Waals surface area (Å²) in [4.78, 5) is 45.8. The van der Waals surface area contributed by atoms with Crippen molar-refractivity contribution in [1.29, 1.82) is 10.8 Å². The second-order valence-electron chi connectivity index (χ2n) is 10.1. The Bertz CT molecular complexity index is 1590. The van der Waals surface area contributed by atoms with E-state index in [4.69, 9.17) is 16.6 Å². The summed E-state index contributed by atoms with van der Waals surface area (Å²) in [5, 5.41) is 22.5. The van der Waals surface area contributed by atoms with Crippen molar-refractivity contribution in [2.45, 2.75) is 44.2 Å². The van der Waals surface area contributed by atoms with E-state index in [2.05, 4.69) is 26.7 Å². The minimum atomic E-state index is -0.785. The number of hydrogen-bond donors (Lipinski definition) is 5. The Morgan fingerprint density at radius 1 is 1.23 bits per heavy atom. The van der Waals surface area contributed by atoms with E-state index in [1.807, 2.05) is 37.5 Å². The van der Waals surface area contributed by atoms with Crippen molar-refractivity contribution in [3.63, 3.8) is 0 Å². The number of likely N-dealkylation sites (N-methyl/N-ethyl adjacent to an activating group) is 1. The molecule has 224 valence electrons. The SMILES string of the molecule is CN1C(=N/C=C(\C=O)NC(=O)C(=N)SC(=N)c2cccc(C3CC3)c2)CCC1C=O.CNCc1cc2cnc(N)cc2s1. The van der Waals surface area contributed by atoms with E-state index in [1.165, 1.54) is 26.7 Å². The second kappa shape index (κ2) is 14.8. The van der Waals surface area contributed by atoms with Crippen LogP contribution < -0.4 is 16.4 Å². The number of nitrogens with two attached hydrogens (primary N) is 1. The number of nitrogens with zero attached hydrogens (tertiary/aromatic N) is 3. The summed E-state index contributed by atoms with van der Waals surface area (Å²) in [5.41, 5.74) is 7.33. The molecule has 3 aromatic rings. The third-order valence-electron chi connectivity index (χ3n) is 6.90. The van der Waals surface area contributed by atoms with Gasteiger partial charge in [-0.25, -0.2) is 9.98 Å². The van der Waals surface area contributed by atoms with Gasteiger partial charge in [0.2, 0.25) is 0 Å². The highest BCUT2D eigenvalue weighted by atomic mass is 32.2. The van der Waals surface area contributed by atoms with Crippen molar-refractivity contribution in [1.82, 2.24) is 20.5 Å². The Kier molecular flexibility index (Phi) is 10.9. The van der Waals surface area contributed by atoms with E-state index >= 15 is 0 Å². The number of allylic oxidation sites excluding steroid dienone is 1. The number of likely N-dealkylation sites (tertiary alicyclic amines) is 1. The van der Waals surface area contributed by atoms with Crippen LogP contribution in [0, 0.1) is 10.8 Å². The number of nitrogens with one attached hydrogen (secondary N) is 4. The van der Waals surface area contributed by atoms with Gasteiger partial charge >= 0.3 is 0 Å². The van der Waals surface area contributed by atoms with Gasteiger partial charge in [0.05, 0.1) is 17.9 Å². The van der Waals surface area contributed by atoms with E-state index < -0.39 is 11.0 Å². The van der Waals surface area contributed by atoms with E-state index in [1.54, 1.807) is 29.4 Å². The summed E-state index contributed by atoms with van der Waals surface area (Å²) in [6.07, 6.45) is 7.88. The summed E-state index contributed by atoms with van der Waals surface area (Å²) in [7, 11) is 3.69. The fourth-order valence-electron chi connectivity index (χ4n) is 4.40. The zero-order valence-corrected chi connectivity index (χ0v) is 25.6. The van der Waals surface area contributed by atoms with E-state index in [0.717, 1.165) is 37.4 Å². The fourth-order valence-corrected chi connectivity index (χ4v) is 6.09. The van der Waals surface area contributed by atoms with Gasteiger partial charge < -0.3 is 26.1 Å². The molecule has 1 unspecified atom stereocenters. The minimum Gasteiger partial charge on any atom is -0.384 e. The zero-order valence-electron chi connectivity index (χ0n) is 23.9. The van der Waals surface area contributed by atoms with Crippen LogP contribution in [0.5, 0.6) is 0 Å². The largest absolute Gasteiger partial charge is 0.384 e. The first kappa shape index (κ1) is 31.7. The quantitative estimate of drug-likeness (QED) is 0.109. The summed E-state index contributed by atoms with van der Waals surface area (Å²) in [6.45, 7) is 0.902. The van der Waals surface area contributed by atoms with Crippen molar-refractivity contribution < 1.29 is 14.4 Å². The molecule has 1 aromatic carbocycles. The van der Waals surface area contributed by atoms with E-state index in [9.17, 15) is 14.4 Å². The number of aliphatic imine (C=N–C) groups is 1. The zero-order chi connectivity index (χ0) is 30.9. The van der Waals surface area contributed by atoms with Gasteiger partial charge in [0.15, 0.2) is 11.3 Å². The summed E-state index contributed by atoms with van der Waals surface area (Å²) in [6, 6.07) is 11.4. The number of hydrogen-bond acceptors (Lipinski definition) is 11. The number of carbonyl (C=O) groups is 3. The van der Waals surface area contributed by atoms with Crippen LogP contribution in [0.1, 0.15) is 47.6 Å². The number of carbonyl (C=O) groups excluding carboxylic acids is 3. The molecule has 1 aliphatic carbocycles. The lowest BCUT2D eigenvalue weighted by atomic mass is 10.1. The van der Waals surface area contributed by atoms with Gasteiger partial charge in [0.25, 0.3) is 5.91 Å². The van der Waals surface area contributed by atoms with Crippen molar-refractivity contribution in [2.24, 2.45) is 4.99 Å². The predicted octanol–water partition coefficient (Wildman–Crippen LogP) is 4.05. The number of benzene rings is 1. The highest BCUT2D eigenvalue weighted by molar-refractivity contribution is 8.28. The third-order valence-corrected chi connectivity index (χ3v) is 8.82. The molecule has 0 bridgehead atoms. The molecular formula is C30H34N8O3S2. The number of amides is 1. The lowest BCUT2D eigenvalue weighted by molar-refractivity contribution is -0.115. The van der Waals surface area contributed by atoms with Crippen molar-refractivity contribution in [3.05, 3.63) is 70.5 Å². The third kappa shape index (κ3) is 8.66. The molecular weight excluding hydrogens is 585 g/mol. The maximum atomic E-state index is 12.3. The molecule has 1 aliphatic heterocycles. The molecule has 2 aliphatic rings. The van der Waals surface area contributed by atoms with Crippen LogP contribution in [0.3, 0.4) is 0 Å². The van der Waals surface area contributed by atoms with Gasteiger partial charge in [0, 0.05) is 46.7 Å². The van der Waals surface area contributed by atoms with E-state index in [0.29, 0.717) is 42.3 Å². The van der Waals surface area contributed by atoms with Crippen LogP contribution in [0.25, 0.3) is 10.1 Å². The number of pyridine rings is 1. The first-order chi connectivity index (χ1) is 20.7. The van der Waals surface area contributed by atoms with Crippen molar-refractivity contribution in [3.8, 4) is 0 Å². The number of fused-ring (bicyclic) bond motifs is 1. The highest BCUT2D eigenvalue weighted by Gasteiger charge is 2.25. The molecule has 6 N–H and O–H groups in total. The second-order valence-corrected chi connectivity index (χ2v) is 12.3. The number of thioether (sulfide) groups is 1. The van der Waals surface area contributed by atoms with Gasteiger partial charge in [-0.05, 0) is 67.8 Å². The number of aldehydes is 2. The van der Waals surface area contributed by atoms with Crippen LogP contribution in [0.2, 0.25) is 0 Å². The average molecular weight is 619 g/mol. The number of rotatable bonds is 8. The molecule has 3 heterocycles. The van der Waals surface area contributed by atoms with Crippen molar-refractivity contribution >= 4 is 73.4 Å². The molecule has 1 saturated carbocycles. The smallest absolute Gasteiger partial charge is 0.280 e. The highest BCUT2D eigenvalue weighted by Crippen LogP contribution is 2.40. The Balaban J connectivity index is 0.000000269. The van der Waals surface area contributed by atoms with Gasteiger partial charge in [-0.15, -0.1) is 11.3 Å². The standard InChI is InChI=1S/C21H23N5O3S.C9H11N3S/c1-26-17(12-28)7-8-18(26)24-10-16(11-27)25-21(29)20(23)30-19(22)15-4-2-3-14(9-15)13-5-6-13;1-11-5-7-2-6-4-12-9(10)3-8(6)13-7/h2-4,9-13,17,22-23H,5-8H2,1H3,(H,25,29);2-4,11H,5H2,1H3,(H2,10,12)/b16-10+,22-19?,23-20?,24-18?;. The molecule has 43 heavy (non-hydrogen) atoms. The van der Waals surface area contributed by atoms with Gasteiger partial charge in [-0.2, -0.15) is 0 Å². The molecule has 13 heteroatoms. The maximum Gasteiger partial charge on any atom is 0.280 e. The number of aromatic nitrogens is 1. The molecule has 0 radical (unpaired) electrons. The Morgan fingerprint density at radius 2 is 2.02 bits per heavy atom. The molecule has 0 spiro atoms. The summed E-state index contributed by atoms with van der Waals surface area (Å²) < 4.78 is 1.21. The average Bonchev–Trinajstić information content (AvgIpc) is 3.69. The first-order valence-corrected chi connectivity index (χ1v) is 15.3. The van der Waals surface area contributed by atoms with Gasteiger partial charge in [-0.1, -0.05) is 18.2 Å². The van der Waals surface area contributed by atoms with E-state index in [-0.39, 0.29) is 16.8 Å². The Morgan fingerprint density at radius 3 is 2.70 bits per heavy atom. The van der Waals surface area contributed by atoms with Crippen LogP contribution in [-0.4, -0.2) is 64.4 Å². The molecule has 2 fully saturated rings. The normalized spacial score (nSPS) is 17.3. The minimum absolute atomic E-state index is 0.0944. The van der Waals surface area contributed by atoms with Crippen LogP contribution in [-0.2, 0) is 20.9 Å². The maximum absolute atomic E-state index is 12.3. The predicted molar refractivity (Wildman–Crippen MR) is 174 cm³/mol. The molecule has 1 saturated heterocycles. The topological polar surface area (TPSA) is 177 Å². The van der Waals surface area contributed by atoms with Crippen LogP contribution in [0.4, 0.5) is 5.82 Å². The molecule has 1 atom stereocenters. The molecule has 2 aromatic heterocycles. The van der Waals surface area contributed by atoms with Crippen molar-refractivity contribution in [2.75, 3.05) is 19.8 Å². The lowest BCUT2D eigenvalue weighted by Crippen LogP contribution is -2.30. The van der Waals surface area contributed by atoms with Crippen LogP contribution in [0.15, 0.2) is 59.5 Å². The number of thiophene rings is 1. The van der Waals surface area contributed by atoms with Crippen LogP contribution >= 0.6 is 23.1 Å². The Labute approximate surface area is 258 Å². The van der Waals surface area contributed by atoms with Gasteiger partial charge in [0.1, 0.15) is 23.0 Å². The van der Waals surface area contributed by atoms with Gasteiger partial charge in [-0.3, -0.25) is 20.4 Å². The molecule has 5 rings (SSSR count). The molecule has 11 nitrogen and oxygen atoms in total. The Hall–Kier alpha value is -4.20. The number of anilines is 1. The summed E-state index contributed by atoms with van der Waals surface area (Å²) >= 11 is 2.48. The number of nitrogen functional groups attached to an aromatic ring is 1. The molecule has 1 amide bonds.